The molecule has 4 heterocycles. The van der Waals surface area contributed by atoms with Crippen molar-refractivity contribution in [1.29, 1.82) is 0 Å². The summed E-state index contributed by atoms with van der Waals surface area (Å²) in [7, 11) is 0. The molecule has 6 rings (SSSR count). The third-order valence-electron chi connectivity index (χ3n) is 10.0. The molecular weight excluding hydrogens is 750 g/mol. The van der Waals surface area contributed by atoms with Crippen LogP contribution < -0.4 is 28.7 Å². The van der Waals surface area contributed by atoms with Crippen molar-refractivity contribution in [2.24, 2.45) is 28.7 Å². The second-order valence-electron chi connectivity index (χ2n) is 13.5. The highest BCUT2D eigenvalue weighted by molar-refractivity contribution is 9.10. The Bertz CT molecular complexity index is 1330. The Hall–Kier alpha value is -1.26. The van der Waals surface area contributed by atoms with Gasteiger partial charge in [-0.25, -0.2) is 0 Å². The van der Waals surface area contributed by atoms with E-state index in [1.807, 2.05) is 0 Å². The van der Waals surface area contributed by atoms with Gasteiger partial charge in [0.2, 0.25) is 0 Å². The fourth-order valence-electron chi connectivity index (χ4n) is 7.05. The first-order valence-corrected chi connectivity index (χ1v) is 17.4. The summed E-state index contributed by atoms with van der Waals surface area (Å²) in [5.41, 5.74) is 31.3. The lowest BCUT2D eigenvalue weighted by atomic mass is 9.84. The average Bonchev–Trinajstić information content (AvgIpc) is 3.41. The van der Waals surface area contributed by atoms with Crippen LogP contribution in [-0.2, 0) is 37.9 Å². The minimum atomic E-state index is -1.62. The molecule has 290 valence electrons. The standard InChI is InChI=1S/C30H48BrN5O15/c31-9-3-8(1-2-12(9)38)27-44-7-15-25(49-27)21(42)17(36)29(47-15)48-23-11(34)4-10(33)18(39)26(23)51-30-22(43)24(14(6-37)46-30)50-28-16(35)20(41)19(40)13(5-32)45-28/h1-3,10-11,13-30,37-43H,4-7,32-36H2/t10-,11+,13+,14-,15-,16-,17-,18+,19-,20-,21-,22-,23-,24-,25-,26-,27-,28-,29-,30+/m1/s1. The number of ether oxygens (including phenoxy) is 8. The highest BCUT2D eigenvalue weighted by atomic mass is 79.9. The lowest BCUT2D eigenvalue weighted by Gasteiger charge is -2.49. The predicted octanol–water partition coefficient (Wildman–Crippen LogP) is -5.63. The van der Waals surface area contributed by atoms with E-state index >= 15 is 0 Å². The van der Waals surface area contributed by atoms with Crippen molar-refractivity contribution in [2.75, 3.05) is 19.8 Å². The molecule has 0 radical (unpaired) electrons. The molecule has 0 unspecified atom stereocenters. The van der Waals surface area contributed by atoms with Crippen LogP contribution in [0.4, 0.5) is 0 Å². The summed E-state index contributed by atoms with van der Waals surface area (Å²) in [5.74, 6) is 0.0298. The average molecular weight is 799 g/mol. The monoisotopic (exact) mass is 797 g/mol. The van der Waals surface area contributed by atoms with Crippen LogP contribution in [0.5, 0.6) is 5.75 Å². The molecule has 20 atom stereocenters. The van der Waals surface area contributed by atoms with Crippen LogP contribution >= 0.6 is 15.9 Å². The first-order valence-electron chi connectivity index (χ1n) is 16.7. The Morgan fingerprint density at radius 3 is 2.06 bits per heavy atom. The maximum absolute atomic E-state index is 11.3. The Morgan fingerprint density at radius 1 is 0.725 bits per heavy atom. The van der Waals surface area contributed by atoms with E-state index in [2.05, 4.69) is 15.9 Å². The van der Waals surface area contributed by atoms with Gasteiger partial charge in [0.05, 0.1) is 35.9 Å². The molecule has 0 spiro atoms. The van der Waals surface area contributed by atoms with Crippen molar-refractivity contribution in [3.63, 3.8) is 0 Å². The Labute approximate surface area is 300 Å². The zero-order valence-corrected chi connectivity index (χ0v) is 28.9. The summed E-state index contributed by atoms with van der Waals surface area (Å²) < 4.78 is 47.9. The van der Waals surface area contributed by atoms with Gasteiger partial charge in [-0.05, 0) is 34.5 Å². The van der Waals surface area contributed by atoms with Crippen LogP contribution in [0.1, 0.15) is 18.3 Å². The van der Waals surface area contributed by atoms with E-state index in [-0.39, 0.29) is 25.3 Å². The molecule has 0 aromatic heterocycles. The van der Waals surface area contributed by atoms with Crippen molar-refractivity contribution >= 4 is 15.9 Å². The van der Waals surface area contributed by atoms with E-state index in [0.29, 0.717) is 10.0 Å². The molecule has 1 aromatic rings. The molecule has 51 heavy (non-hydrogen) atoms. The largest absolute Gasteiger partial charge is 0.507 e. The van der Waals surface area contributed by atoms with Gasteiger partial charge >= 0.3 is 0 Å². The van der Waals surface area contributed by atoms with Crippen LogP contribution in [0, 0.1) is 0 Å². The SMILES string of the molecule is NC[C@@H]1O[C@H](O[C@H]2[C@@H](O)[C@H](O[C@@H]3[C@@H](O)[C@H](N)C[C@H](N)[C@H]3O[C@H]3O[C@@H]4CO[C@@H](c5ccc(O)c(Br)c5)O[C@H]4[C@H](O)[C@H]3N)O[C@@H]2CO)[C@H](N)[C@@H](O)[C@@H]1O. The van der Waals surface area contributed by atoms with E-state index in [1.54, 1.807) is 12.1 Å². The molecular formula is C30H48BrN5O15. The van der Waals surface area contributed by atoms with Crippen molar-refractivity contribution in [2.45, 2.75) is 129 Å². The third kappa shape index (κ3) is 7.81. The summed E-state index contributed by atoms with van der Waals surface area (Å²) in [6.45, 7) is -0.845. The number of aliphatic hydroxyl groups is 6. The second kappa shape index (κ2) is 16.2. The minimum Gasteiger partial charge on any atom is -0.507 e. The zero-order valence-electron chi connectivity index (χ0n) is 27.3. The quantitative estimate of drug-likeness (QED) is 0.111. The first kappa shape index (κ1) is 39.4. The zero-order chi connectivity index (χ0) is 36.9. The number of benzene rings is 1. The van der Waals surface area contributed by atoms with E-state index in [0.717, 1.165) is 0 Å². The normalized spacial score (nSPS) is 49.1. The second-order valence-corrected chi connectivity index (χ2v) is 14.4. The van der Waals surface area contributed by atoms with Gasteiger partial charge in [-0.2, -0.15) is 0 Å². The highest BCUT2D eigenvalue weighted by Crippen LogP contribution is 2.38. The molecule has 5 aliphatic rings. The van der Waals surface area contributed by atoms with E-state index in [4.69, 9.17) is 66.6 Å². The van der Waals surface area contributed by atoms with Gasteiger partial charge in [-0.1, -0.05) is 6.07 Å². The maximum Gasteiger partial charge on any atom is 0.187 e. The maximum atomic E-state index is 11.3. The number of phenols is 1. The summed E-state index contributed by atoms with van der Waals surface area (Å²) in [6, 6.07) is 0.538. The summed E-state index contributed by atoms with van der Waals surface area (Å²) >= 11 is 3.26. The van der Waals surface area contributed by atoms with Gasteiger partial charge in [0, 0.05) is 24.2 Å². The molecule has 0 bridgehead atoms. The van der Waals surface area contributed by atoms with E-state index < -0.39 is 129 Å². The van der Waals surface area contributed by atoms with Crippen molar-refractivity contribution in [1.82, 2.24) is 0 Å². The number of nitrogens with two attached hydrogens (primary N) is 5. The van der Waals surface area contributed by atoms with Crippen LogP contribution in [-0.4, -0.2) is 172 Å². The topological polar surface area (TPSA) is 346 Å². The smallest absolute Gasteiger partial charge is 0.187 e. The van der Waals surface area contributed by atoms with Crippen LogP contribution in [0.15, 0.2) is 22.7 Å². The molecule has 1 saturated carbocycles. The van der Waals surface area contributed by atoms with Crippen LogP contribution in [0.2, 0.25) is 0 Å². The van der Waals surface area contributed by atoms with Gasteiger partial charge < -0.3 is 102 Å². The van der Waals surface area contributed by atoms with Crippen molar-refractivity contribution in [3.8, 4) is 5.75 Å². The minimum absolute atomic E-state index is 0.0238. The molecule has 20 nitrogen and oxygen atoms in total. The van der Waals surface area contributed by atoms with Gasteiger partial charge in [-0.3, -0.25) is 0 Å². The van der Waals surface area contributed by atoms with Gasteiger partial charge in [0.1, 0.15) is 72.9 Å². The first-order chi connectivity index (χ1) is 24.2. The van der Waals surface area contributed by atoms with Gasteiger partial charge in [0.25, 0.3) is 0 Å². The lowest BCUT2D eigenvalue weighted by Crippen LogP contribution is -2.69. The fourth-order valence-corrected chi connectivity index (χ4v) is 7.44. The number of aromatic hydroxyl groups is 1. The number of phenolic OH excluding ortho intramolecular Hbond substituents is 1. The van der Waals surface area contributed by atoms with Crippen molar-refractivity contribution in [3.05, 3.63) is 28.2 Å². The van der Waals surface area contributed by atoms with Crippen LogP contribution in [0.3, 0.4) is 0 Å². The Kier molecular flexibility index (Phi) is 12.5. The number of fused-ring (bicyclic) bond motifs is 1. The molecule has 1 aromatic carbocycles. The fraction of sp³-hybridized carbons (Fsp3) is 0.800. The van der Waals surface area contributed by atoms with Crippen molar-refractivity contribution < 1.29 is 73.6 Å². The molecule has 4 saturated heterocycles. The molecule has 0 amide bonds. The lowest BCUT2D eigenvalue weighted by molar-refractivity contribution is -0.356. The Morgan fingerprint density at radius 2 is 1.37 bits per heavy atom. The van der Waals surface area contributed by atoms with Gasteiger partial charge in [0.15, 0.2) is 25.2 Å². The number of rotatable bonds is 9. The van der Waals surface area contributed by atoms with E-state index in [1.165, 1.54) is 6.07 Å². The number of hydrogen-bond acceptors (Lipinski definition) is 20. The molecule has 21 heteroatoms. The highest BCUT2D eigenvalue weighted by Gasteiger charge is 2.55. The number of aliphatic hydroxyl groups excluding tert-OH is 6. The van der Waals surface area contributed by atoms with Gasteiger partial charge in [-0.15, -0.1) is 0 Å². The number of hydrogen-bond donors (Lipinski definition) is 12. The van der Waals surface area contributed by atoms with E-state index in [9.17, 15) is 35.7 Å². The summed E-state index contributed by atoms with van der Waals surface area (Å²) in [5, 5.41) is 74.2. The predicted molar refractivity (Wildman–Crippen MR) is 173 cm³/mol. The Balaban J connectivity index is 1.13. The number of halogens is 1. The molecule has 17 N–H and O–H groups in total. The molecule has 4 aliphatic heterocycles. The molecule has 1 aliphatic carbocycles. The summed E-state index contributed by atoms with van der Waals surface area (Å²) in [6.07, 6.45) is -20.0. The van der Waals surface area contributed by atoms with Crippen LogP contribution in [0.25, 0.3) is 0 Å². The third-order valence-corrected chi connectivity index (χ3v) is 10.7. The molecule has 5 fully saturated rings. The summed E-state index contributed by atoms with van der Waals surface area (Å²) in [4.78, 5) is 0.